The normalized spacial score (nSPS) is 15.5. The third-order valence-corrected chi connectivity index (χ3v) is 3.93. The van der Waals surface area contributed by atoms with Gasteiger partial charge in [-0.25, -0.2) is 0 Å². The molecule has 2 heterocycles. The molecule has 0 atom stereocenters. The van der Waals surface area contributed by atoms with Crippen molar-refractivity contribution >= 4 is 16.8 Å². The van der Waals surface area contributed by atoms with E-state index in [9.17, 15) is 4.79 Å². The molecule has 116 valence electrons. The van der Waals surface area contributed by atoms with E-state index < -0.39 is 0 Å². The second kappa shape index (κ2) is 6.85. The lowest BCUT2D eigenvalue weighted by Gasteiger charge is -2.28. The molecule has 5 nitrogen and oxygen atoms in total. The number of hydrogen-bond acceptors (Lipinski definition) is 4. The van der Waals surface area contributed by atoms with Crippen LogP contribution in [0.15, 0.2) is 36.5 Å². The van der Waals surface area contributed by atoms with E-state index >= 15 is 0 Å². The fraction of sp³-hybridized carbons (Fsp3) is 0.412. The lowest BCUT2D eigenvalue weighted by molar-refractivity contribution is -0.136. The van der Waals surface area contributed by atoms with Crippen LogP contribution in [0.3, 0.4) is 0 Å². The number of carbonyl (C=O) groups is 1. The molecule has 1 aromatic carbocycles. The summed E-state index contributed by atoms with van der Waals surface area (Å²) >= 11 is 0. The first kappa shape index (κ1) is 14.9. The number of nitrogens with zero attached hydrogens (tertiary/aromatic N) is 3. The van der Waals surface area contributed by atoms with E-state index in [2.05, 4.69) is 23.2 Å². The second-order valence-corrected chi connectivity index (χ2v) is 5.66. The molecule has 22 heavy (non-hydrogen) atoms. The van der Waals surface area contributed by atoms with E-state index in [-0.39, 0.29) is 5.91 Å². The topological polar surface area (TPSA) is 45.7 Å². The van der Waals surface area contributed by atoms with E-state index in [1.807, 2.05) is 35.2 Å². The van der Waals surface area contributed by atoms with E-state index in [4.69, 9.17) is 4.74 Å². The molecular weight excluding hydrogens is 278 g/mol. The lowest BCUT2D eigenvalue weighted by Crippen LogP contribution is -2.44. The quantitative estimate of drug-likeness (QED) is 0.859. The summed E-state index contributed by atoms with van der Waals surface area (Å²) in [5, 5.41) is 1.13. The van der Waals surface area contributed by atoms with E-state index in [0.717, 1.165) is 16.5 Å². The van der Waals surface area contributed by atoms with Crippen molar-refractivity contribution in [3.05, 3.63) is 42.1 Å². The van der Waals surface area contributed by atoms with Crippen molar-refractivity contribution in [2.75, 3.05) is 39.9 Å². The van der Waals surface area contributed by atoms with Gasteiger partial charge in [0.25, 0.3) is 0 Å². The summed E-state index contributed by atoms with van der Waals surface area (Å²) < 4.78 is 5.28. The van der Waals surface area contributed by atoms with Crippen LogP contribution in [-0.4, -0.2) is 60.6 Å². The summed E-state index contributed by atoms with van der Waals surface area (Å²) in [6.45, 7) is 3.81. The Morgan fingerprint density at radius 1 is 1.27 bits per heavy atom. The van der Waals surface area contributed by atoms with Crippen LogP contribution in [0.4, 0.5) is 0 Å². The minimum absolute atomic E-state index is 0.166. The van der Waals surface area contributed by atoms with Gasteiger partial charge >= 0.3 is 0 Å². The maximum Gasteiger partial charge on any atom is 0.236 e. The van der Waals surface area contributed by atoms with Gasteiger partial charge in [-0.1, -0.05) is 24.3 Å². The van der Waals surface area contributed by atoms with Crippen molar-refractivity contribution in [2.45, 2.75) is 6.54 Å². The average molecular weight is 299 g/mol. The number of fused-ring (bicyclic) bond motifs is 1. The number of ether oxygens (including phenoxy) is 1. The SMILES string of the molecule is CN(CC(=O)N1CCOCC1)Cc1cccc2cccnc12. The van der Waals surface area contributed by atoms with Crippen LogP contribution in [0.5, 0.6) is 0 Å². The van der Waals surface area contributed by atoms with Gasteiger partial charge in [0, 0.05) is 31.2 Å². The van der Waals surface area contributed by atoms with Crippen LogP contribution in [-0.2, 0) is 16.1 Å². The molecule has 1 fully saturated rings. The first-order valence-corrected chi connectivity index (χ1v) is 7.61. The first-order chi connectivity index (χ1) is 10.7. The average Bonchev–Trinajstić information content (AvgIpc) is 2.56. The Labute approximate surface area is 130 Å². The number of pyridine rings is 1. The molecule has 0 bridgehead atoms. The van der Waals surface area contributed by atoms with E-state index in [1.165, 1.54) is 0 Å². The smallest absolute Gasteiger partial charge is 0.236 e. The summed E-state index contributed by atoms with van der Waals surface area (Å²) in [7, 11) is 1.97. The summed E-state index contributed by atoms with van der Waals surface area (Å²) in [5.41, 5.74) is 2.16. The Kier molecular flexibility index (Phi) is 4.65. The van der Waals surface area contributed by atoms with Crippen molar-refractivity contribution in [3.63, 3.8) is 0 Å². The van der Waals surface area contributed by atoms with Crippen LogP contribution < -0.4 is 0 Å². The maximum atomic E-state index is 12.3. The Balaban J connectivity index is 1.65. The maximum absolute atomic E-state index is 12.3. The second-order valence-electron chi connectivity index (χ2n) is 5.66. The van der Waals surface area contributed by atoms with Crippen LogP contribution in [0.2, 0.25) is 0 Å². The molecule has 0 N–H and O–H groups in total. The third kappa shape index (κ3) is 3.43. The fourth-order valence-electron chi connectivity index (χ4n) is 2.79. The first-order valence-electron chi connectivity index (χ1n) is 7.61. The molecular formula is C17H21N3O2. The van der Waals surface area contributed by atoms with Gasteiger partial charge in [0.2, 0.25) is 5.91 Å². The summed E-state index contributed by atoms with van der Waals surface area (Å²) in [6.07, 6.45) is 1.81. The number of carbonyl (C=O) groups excluding carboxylic acids is 1. The fourth-order valence-corrected chi connectivity index (χ4v) is 2.79. The van der Waals surface area contributed by atoms with Crippen LogP contribution in [0.1, 0.15) is 5.56 Å². The third-order valence-electron chi connectivity index (χ3n) is 3.93. The van der Waals surface area contributed by atoms with Crippen molar-refractivity contribution in [1.82, 2.24) is 14.8 Å². The molecule has 3 rings (SSSR count). The molecule has 1 aromatic heterocycles. The van der Waals surface area contributed by atoms with Crippen molar-refractivity contribution < 1.29 is 9.53 Å². The highest BCUT2D eigenvalue weighted by atomic mass is 16.5. The van der Waals surface area contributed by atoms with Crippen molar-refractivity contribution in [3.8, 4) is 0 Å². The highest BCUT2D eigenvalue weighted by Crippen LogP contribution is 2.17. The summed E-state index contributed by atoms with van der Waals surface area (Å²) in [6, 6.07) is 10.2. The molecule has 0 spiro atoms. The Morgan fingerprint density at radius 2 is 2.05 bits per heavy atom. The van der Waals surface area contributed by atoms with Gasteiger partial charge in [-0.15, -0.1) is 0 Å². The standard InChI is InChI=1S/C17H21N3O2/c1-19(13-16(21)20-8-10-22-11-9-20)12-15-5-2-4-14-6-3-7-18-17(14)15/h2-7H,8-13H2,1H3. The number of para-hydroxylation sites is 1. The minimum atomic E-state index is 0.166. The molecule has 1 saturated heterocycles. The van der Waals surface area contributed by atoms with Gasteiger partial charge in [0.15, 0.2) is 0 Å². The molecule has 2 aromatic rings. The Morgan fingerprint density at radius 3 is 2.86 bits per heavy atom. The molecule has 1 aliphatic heterocycles. The predicted molar refractivity (Wildman–Crippen MR) is 85.5 cm³/mol. The zero-order valence-corrected chi connectivity index (χ0v) is 12.9. The number of morpholine rings is 1. The largest absolute Gasteiger partial charge is 0.378 e. The Bertz CT molecular complexity index is 648. The molecule has 0 unspecified atom stereocenters. The molecule has 5 heteroatoms. The number of amides is 1. The van der Waals surface area contributed by atoms with Gasteiger partial charge in [0.05, 0.1) is 25.3 Å². The van der Waals surface area contributed by atoms with Crippen molar-refractivity contribution in [2.24, 2.45) is 0 Å². The number of hydrogen-bond donors (Lipinski definition) is 0. The highest BCUT2D eigenvalue weighted by Gasteiger charge is 2.18. The van der Waals surface area contributed by atoms with Crippen LogP contribution in [0, 0.1) is 0 Å². The zero-order valence-electron chi connectivity index (χ0n) is 12.9. The molecule has 0 saturated carbocycles. The van der Waals surface area contributed by atoms with Crippen molar-refractivity contribution in [1.29, 1.82) is 0 Å². The number of rotatable bonds is 4. The monoisotopic (exact) mass is 299 g/mol. The van der Waals surface area contributed by atoms with Crippen LogP contribution >= 0.6 is 0 Å². The summed E-state index contributed by atoms with van der Waals surface area (Å²) in [5.74, 6) is 0.166. The zero-order chi connectivity index (χ0) is 15.4. The summed E-state index contributed by atoms with van der Waals surface area (Å²) in [4.78, 5) is 20.7. The molecule has 0 aliphatic carbocycles. The Hall–Kier alpha value is -1.98. The van der Waals surface area contributed by atoms with E-state index in [0.29, 0.717) is 39.4 Å². The molecule has 1 amide bonds. The van der Waals surface area contributed by atoms with Gasteiger partial charge < -0.3 is 9.64 Å². The van der Waals surface area contributed by atoms with Crippen LogP contribution in [0.25, 0.3) is 10.9 Å². The minimum Gasteiger partial charge on any atom is -0.378 e. The van der Waals surface area contributed by atoms with Gasteiger partial charge in [0.1, 0.15) is 0 Å². The number of likely N-dealkylation sites (N-methyl/N-ethyl adjacent to an activating group) is 1. The number of aromatic nitrogens is 1. The van der Waals surface area contributed by atoms with Gasteiger partial charge in [-0.2, -0.15) is 0 Å². The predicted octanol–water partition coefficient (Wildman–Crippen LogP) is 1.53. The molecule has 1 aliphatic rings. The van der Waals surface area contributed by atoms with E-state index in [1.54, 1.807) is 0 Å². The lowest BCUT2D eigenvalue weighted by atomic mass is 10.1. The highest BCUT2D eigenvalue weighted by molar-refractivity contribution is 5.81. The van der Waals surface area contributed by atoms with Gasteiger partial charge in [-0.05, 0) is 18.7 Å². The molecule has 0 radical (unpaired) electrons. The van der Waals surface area contributed by atoms with Gasteiger partial charge in [-0.3, -0.25) is 14.7 Å². The number of benzene rings is 1.